The summed E-state index contributed by atoms with van der Waals surface area (Å²) in [6.07, 6.45) is 4.52. The molecule has 1 aromatic heterocycles. The number of benzene rings is 1. The van der Waals surface area contributed by atoms with Crippen LogP contribution >= 0.6 is 15.9 Å². The zero-order valence-electron chi connectivity index (χ0n) is 11.5. The van der Waals surface area contributed by atoms with Crippen molar-refractivity contribution in [3.05, 3.63) is 34.1 Å². The molecule has 1 aromatic carbocycles. The average molecular weight is 336 g/mol. The summed E-state index contributed by atoms with van der Waals surface area (Å²) in [6, 6.07) is 6.76. The van der Waals surface area contributed by atoms with Crippen molar-refractivity contribution in [1.29, 1.82) is 0 Å². The van der Waals surface area contributed by atoms with Gasteiger partial charge in [-0.2, -0.15) is 0 Å². The normalized spacial score (nSPS) is 14.7. The van der Waals surface area contributed by atoms with Crippen LogP contribution in [0.25, 0.3) is 11.5 Å². The van der Waals surface area contributed by atoms with Crippen LogP contribution in [-0.2, 0) is 6.42 Å². The molecule has 0 spiro atoms. The van der Waals surface area contributed by atoms with Crippen LogP contribution < -0.4 is 5.32 Å². The third-order valence-corrected chi connectivity index (χ3v) is 4.40. The number of aryl methyl sites for hydroxylation is 1. The van der Waals surface area contributed by atoms with Gasteiger partial charge in [-0.1, -0.05) is 22.0 Å². The van der Waals surface area contributed by atoms with E-state index in [0.29, 0.717) is 5.89 Å². The molecule has 2 aromatic rings. The first-order valence-electron chi connectivity index (χ1n) is 7.05. The van der Waals surface area contributed by atoms with Crippen molar-refractivity contribution in [2.75, 3.05) is 6.54 Å². The van der Waals surface area contributed by atoms with Gasteiger partial charge in [-0.05, 0) is 50.4 Å². The first kappa shape index (κ1) is 13.8. The summed E-state index contributed by atoms with van der Waals surface area (Å²) in [7, 11) is 0. The molecule has 20 heavy (non-hydrogen) atoms. The minimum absolute atomic E-state index is 0.606. The van der Waals surface area contributed by atoms with Crippen molar-refractivity contribution in [1.82, 2.24) is 15.5 Å². The lowest BCUT2D eigenvalue weighted by Gasteiger charge is -2.02. The van der Waals surface area contributed by atoms with Gasteiger partial charge in [-0.3, -0.25) is 0 Å². The minimum atomic E-state index is 0.606. The van der Waals surface area contributed by atoms with E-state index in [2.05, 4.69) is 31.4 Å². The van der Waals surface area contributed by atoms with Gasteiger partial charge in [0.05, 0.1) is 0 Å². The second kappa shape index (κ2) is 6.06. The highest BCUT2D eigenvalue weighted by Crippen LogP contribution is 2.27. The summed E-state index contributed by atoms with van der Waals surface area (Å²) >= 11 is 3.52. The zero-order chi connectivity index (χ0) is 13.9. The molecule has 1 N–H and O–H groups in total. The molecule has 0 bridgehead atoms. The average Bonchev–Trinajstić information content (AvgIpc) is 3.15. The smallest absolute Gasteiger partial charge is 0.248 e. The van der Waals surface area contributed by atoms with E-state index in [1.54, 1.807) is 0 Å². The highest BCUT2D eigenvalue weighted by molar-refractivity contribution is 9.10. The predicted molar refractivity (Wildman–Crippen MR) is 81.5 cm³/mol. The first-order chi connectivity index (χ1) is 9.74. The topological polar surface area (TPSA) is 51.0 Å². The van der Waals surface area contributed by atoms with E-state index < -0.39 is 0 Å². The van der Waals surface area contributed by atoms with E-state index in [-0.39, 0.29) is 0 Å². The van der Waals surface area contributed by atoms with Gasteiger partial charge in [0, 0.05) is 22.5 Å². The molecule has 0 atom stereocenters. The molecule has 1 aliphatic rings. The van der Waals surface area contributed by atoms with Crippen LogP contribution in [0.3, 0.4) is 0 Å². The highest BCUT2D eigenvalue weighted by atomic mass is 79.9. The van der Waals surface area contributed by atoms with E-state index >= 15 is 0 Å². The van der Waals surface area contributed by atoms with Crippen molar-refractivity contribution >= 4 is 15.9 Å². The molecule has 0 saturated heterocycles. The summed E-state index contributed by atoms with van der Waals surface area (Å²) < 4.78 is 6.82. The van der Waals surface area contributed by atoms with Gasteiger partial charge in [-0.25, -0.2) is 0 Å². The monoisotopic (exact) mass is 335 g/mol. The Kier molecular flexibility index (Phi) is 4.17. The van der Waals surface area contributed by atoms with Crippen molar-refractivity contribution in [3.8, 4) is 11.5 Å². The van der Waals surface area contributed by atoms with Crippen LogP contribution in [0.1, 0.15) is 30.7 Å². The molecule has 106 valence electrons. The van der Waals surface area contributed by atoms with Crippen LogP contribution in [0.15, 0.2) is 27.1 Å². The maximum absolute atomic E-state index is 5.76. The second-order valence-electron chi connectivity index (χ2n) is 5.25. The molecule has 1 aliphatic carbocycles. The molecule has 5 heteroatoms. The lowest BCUT2D eigenvalue weighted by Crippen LogP contribution is -2.17. The number of halogens is 1. The van der Waals surface area contributed by atoms with Crippen LogP contribution in [0.2, 0.25) is 0 Å². The summed E-state index contributed by atoms with van der Waals surface area (Å²) in [5.74, 6) is 1.32. The Morgan fingerprint density at radius 2 is 2.20 bits per heavy atom. The number of rotatable bonds is 6. The molecular weight excluding hydrogens is 318 g/mol. The SMILES string of the molecule is Cc1c(Br)cccc1-c1nnc(CCCNC2CC2)o1. The largest absolute Gasteiger partial charge is 0.421 e. The number of hydrogen-bond acceptors (Lipinski definition) is 4. The Bertz CT molecular complexity index is 593. The van der Waals surface area contributed by atoms with Gasteiger partial charge in [0.25, 0.3) is 0 Å². The van der Waals surface area contributed by atoms with Crippen LogP contribution in [0.5, 0.6) is 0 Å². The molecule has 1 heterocycles. The summed E-state index contributed by atoms with van der Waals surface area (Å²) in [5.41, 5.74) is 2.12. The van der Waals surface area contributed by atoms with E-state index in [1.165, 1.54) is 12.8 Å². The van der Waals surface area contributed by atoms with Crippen molar-refractivity contribution in [3.63, 3.8) is 0 Å². The first-order valence-corrected chi connectivity index (χ1v) is 7.84. The Hall–Kier alpha value is -1.20. The molecule has 0 aliphatic heterocycles. The zero-order valence-corrected chi connectivity index (χ0v) is 13.1. The molecule has 0 amide bonds. The summed E-state index contributed by atoms with van der Waals surface area (Å²) in [4.78, 5) is 0. The van der Waals surface area contributed by atoms with Gasteiger partial charge >= 0.3 is 0 Å². The third kappa shape index (κ3) is 3.27. The highest BCUT2D eigenvalue weighted by Gasteiger charge is 2.19. The van der Waals surface area contributed by atoms with E-state index in [0.717, 1.165) is 46.9 Å². The van der Waals surface area contributed by atoms with Gasteiger partial charge in [0.15, 0.2) is 0 Å². The van der Waals surface area contributed by atoms with Crippen LogP contribution in [0, 0.1) is 6.92 Å². The Labute approximate surface area is 127 Å². The molecule has 1 saturated carbocycles. The van der Waals surface area contributed by atoms with Gasteiger partial charge < -0.3 is 9.73 Å². The van der Waals surface area contributed by atoms with Gasteiger partial charge in [0.2, 0.25) is 11.8 Å². The number of aromatic nitrogens is 2. The quantitative estimate of drug-likeness (QED) is 0.821. The van der Waals surface area contributed by atoms with Crippen LogP contribution in [-0.4, -0.2) is 22.8 Å². The van der Waals surface area contributed by atoms with E-state index in [4.69, 9.17) is 4.42 Å². The second-order valence-corrected chi connectivity index (χ2v) is 6.10. The fraction of sp³-hybridized carbons (Fsp3) is 0.467. The van der Waals surface area contributed by atoms with Crippen molar-refractivity contribution < 1.29 is 4.42 Å². The lowest BCUT2D eigenvalue weighted by atomic mass is 10.1. The summed E-state index contributed by atoms with van der Waals surface area (Å²) in [6.45, 7) is 3.07. The van der Waals surface area contributed by atoms with E-state index in [1.807, 2.05) is 25.1 Å². The third-order valence-electron chi connectivity index (χ3n) is 3.54. The van der Waals surface area contributed by atoms with Crippen molar-refractivity contribution in [2.24, 2.45) is 0 Å². The Morgan fingerprint density at radius 3 is 3.00 bits per heavy atom. The Morgan fingerprint density at radius 1 is 1.35 bits per heavy atom. The maximum atomic E-state index is 5.76. The minimum Gasteiger partial charge on any atom is -0.421 e. The van der Waals surface area contributed by atoms with E-state index in [9.17, 15) is 0 Å². The maximum Gasteiger partial charge on any atom is 0.248 e. The molecule has 0 radical (unpaired) electrons. The fourth-order valence-electron chi connectivity index (χ4n) is 2.14. The summed E-state index contributed by atoms with van der Waals surface area (Å²) in [5, 5.41) is 11.8. The fourth-order valence-corrected chi connectivity index (χ4v) is 2.50. The Balaban J connectivity index is 1.62. The number of hydrogen-bond donors (Lipinski definition) is 1. The standard InChI is InChI=1S/C15H18BrN3O/c1-10-12(4-2-5-13(10)16)15-19-18-14(20-15)6-3-9-17-11-7-8-11/h2,4-5,11,17H,3,6-9H2,1H3. The molecule has 0 unspecified atom stereocenters. The van der Waals surface area contributed by atoms with Crippen LogP contribution in [0.4, 0.5) is 0 Å². The van der Waals surface area contributed by atoms with Crippen molar-refractivity contribution in [2.45, 2.75) is 38.6 Å². The number of nitrogens with zero attached hydrogens (tertiary/aromatic N) is 2. The molecule has 4 nitrogen and oxygen atoms in total. The number of nitrogens with one attached hydrogen (secondary N) is 1. The van der Waals surface area contributed by atoms with Gasteiger partial charge in [-0.15, -0.1) is 10.2 Å². The molecular formula is C15H18BrN3O. The molecule has 1 fully saturated rings. The van der Waals surface area contributed by atoms with Gasteiger partial charge in [0.1, 0.15) is 0 Å². The molecule has 3 rings (SSSR count). The lowest BCUT2D eigenvalue weighted by molar-refractivity contribution is 0.490. The predicted octanol–water partition coefficient (Wildman–Crippen LogP) is 3.49.